The first kappa shape index (κ1) is 13.3. The summed E-state index contributed by atoms with van der Waals surface area (Å²) in [6, 6.07) is 2.52. The van der Waals surface area contributed by atoms with E-state index in [0.717, 1.165) is 44.0 Å². The van der Waals surface area contributed by atoms with Crippen LogP contribution in [-0.2, 0) is 24.4 Å². The number of rotatable bonds is 4. The second-order valence-corrected chi connectivity index (χ2v) is 5.42. The molecule has 0 aliphatic carbocycles. The van der Waals surface area contributed by atoms with Gasteiger partial charge in [0.1, 0.15) is 0 Å². The Hall–Kier alpha value is -1.66. The Morgan fingerprint density at radius 3 is 3.15 bits per heavy atom. The molecule has 0 spiro atoms. The van der Waals surface area contributed by atoms with Crippen LogP contribution in [0.3, 0.4) is 0 Å². The molecular formula is C14H21N5O. The number of nitrogens with one attached hydrogen (secondary N) is 1. The van der Waals surface area contributed by atoms with Gasteiger partial charge in [0.25, 0.3) is 0 Å². The molecule has 3 rings (SSSR count). The van der Waals surface area contributed by atoms with Crippen molar-refractivity contribution in [3.05, 3.63) is 35.7 Å². The SMILES string of the molecule is COCC1CCn2cncc2CN1Cc1cc(C)[nH]n1. The van der Waals surface area contributed by atoms with E-state index >= 15 is 0 Å². The molecule has 2 aromatic heterocycles. The first-order valence-corrected chi connectivity index (χ1v) is 6.99. The zero-order valence-electron chi connectivity index (χ0n) is 12.0. The fourth-order valence-corrected chi connectivity index (χ4v) is 2.82. The Morgan fingerprint density at radius 1 is 1.50 bits per heavy atom. The lowest BCUT2D eigenvalue weighted by Crippen LogP contribution is -2.36. The van der Waals surface area contributed by atoms with Crippen LogP contribution in [0, 0.1) is 6.92 Å². The van der Waals surface area contributed by atoms with Gasteiger partial charge in [-0.05, 0) is 19.4 Å². The van der Waals surface area contributed by atoms with Crippen molar-refractivity contribution in [2.45, 2.75) is 39.0 Å². The summed E-state index contributed by atoms with van der Waals surface area (Å²) in [5.41, 5.74) is 3.44. The highest BCUT2D eigenvalue weighted by molar-refractivity contribution is 5.08. The van der Waals surface area contributed by atoms with Gasteiger partial charge in [-0.15, -0.1) is 0 Å². The van der Waals surface area contributed by atoms with E-state index in [1.54, 1.807) is 7.11 Å². The van der Waals surface area contributed by atoms with Crippen LogP contribution in [0.2, 0.25) is 0 Å². The first-order chi connectivity index (χ1) is 9.76. The third-order valence-corrected chi connectivity index (χ3v) is 3.87. The van der Waals surface area contributed by atoms with Crippen LogP contribution in [0.5, 0.6) is 0 Å². The molecule has 1 aliphatic rings. The van der Waals surface area contributed by atoms with Crippen LogP contribution in [0.4, 0.5) is 0 Å². The predicted molar refractivity (Wildman–Crippen MR) is 75.1 cm³/mol. The quantitative estimate of drug-likeness (QED) is 0.914. The van der Waals surface area contributed by atoms with Crippen LogP contribution >= 0.6 is 0 Å². The fraction of sp³-hybridized carbons (Fsp3) is 0.571. The normalized spacial score (nSPS) is 19.8. The summed E-state index contributed by atoms with van der Waals surface area (Å²) < 4.78 is 7.63. The van der Waals surface area contributed by atoms with Gasteiger partial charge in [0.05, 0.1) is 24.3 Å². The van der Waals surface area contributed by atoms with Gasteiger partial charge in [0.15, 0.2) is 0 Å². The number of aromatic nitrogens is 4. The Labute approximate surface area is 118 Å². The lowest BCUT2D eigenvalue weighted by molar-refractivity contribution is 0.0772. The molecule has 0 radical (unpaired) electrons. The number of nitrogens with zero attached hydrogens (tertiary/aromatic N) is 4. The van der Waals surface area contributed by atoms with Crippen molar-refractivity contribution < 1.29 is 4.74 Å². The van der Waals surface area contributed by atoms with Crippen LogP contribution < -0.4 is 0 Å². The minimum Gasteiger partial charge on any atom is -0.383 e. The van der Waals surface area contributed by atoms with Crippen molar-refractivity contribution in [2.75, 3.05) is 13.7 Å². The van der Waals surface area contributed by atoms with E-state index in [9.17, 15) is 0 Å². The summed E-state index contributed by atoms with van der Waals surface area (Å²) in [6.45, 7) is 5.51. The summed E-state index contributed by atoms with van der Waals surface area (Å²) >= 11 is 0. The van der Waals surface area contributed by atoms with E-state index in [0.29, 0.717) is 6.04 Å². The van der Waals surface area contributed by atoms with Crippen molar-refractivity contribution in [3.8, 4) is 0 Å². The van der Waals surface area contributed by atoms with Gasteiger partial charge in [0, 0.05) is 44.7 Å². The monoisotopic (exact) mass is 275 g/mol. The largest absolute Gasteiger partial charge is 0.383 e. The van der Waals surface area contributed by atoms with Crippen molar-refractivity contribution in [1.82, 2.24) is 24.6 Å². The lowest BCUT2D eigenvalue weighted by Gasteiger charge is -2.28. The minimum atomic E-state index is 0.414. The molecule has 6 nitrogen and oxygen atoms in total. The van der Waals surface area contributed by atoms with Gasteiger partial charge < -0.3 is 9.30 Å². The molecular weight excluding hydrogens is 254 g/mol. The van der Waals surface area contributed by atoms with Gasteiger partial charge in [-0.2, -0.15) is 5.10 Å². The number of aromatic amines is 1. The molecule has 1 atom stereocenters. The third kappa shape index (κ3) is 2.76. The van der Waals surface area contributed by atoms with E-state index in [1.165, 1.54) is 5.69 Å². The predicted octanol–water partition coefficient (Wildman–Crippen LogP) is 1.34. The van der Waals surface area contributed by atoms with E-state index < -0.39 is 0 Å². The standard InChI is InChI=1S/C14H21N5O/c1-11-5-12(17-16-11)7-19-8-14-6-15-10-18(14)4-3-13(19)9-20-2/h5-6,10,13H,3-4,7-9H2,1-2H3,(H,16,17). The molecule has 0 saturated heterocycles. The molecule has 1 N–H and O–H groups in total. The Morgan fingerprint density at radius 2 is 2.40 bits per heavy atom. The average molecular weight is 275 g/mol. The highest BCUT2D eigenvalue weighted by atomic mass is 16.5. The third-order valence-electron chi connectivity index (χ3n) is 3.87. The molecule has 108 valence electrons. The molecule has 3 heterocycles. The molecule has 1 aliphatic heterocycles. The molecule has 6 heteroatoms. The number of ether oxygens (including phenoxy) is 1. The average Bonchev–Trinajstić information content (AvgIpc) is 3.00. The number of hydrogen-bond donors (Lipinski definition) is 1. The lowest BCUT2D eigenvalue weighted by atomic mass is 10.2. The number of H-pyrrole nitrogens is 1. The zero-order chi connectivity index (χ0) is 13.9. The summed E-state index contributed by atoms with van der Waals surface area (Å²) in [6.07, 6.45) is 4.94. The fourth-order valence-electron chi connectivity index (χ4n) is 2.82. The minimum absolute atomic E-state index is 0.414. The van der Waals surface area contributed by atoms with Crippen molar-refractivity contribution >= 4 is 0 Å². The maximum absolute atomic E-state index is 5.39. The van der Waals surface area contributed by atoms with Gasteiger partial charge in [-0.3, -0.25) is 10.00 Å². The molecule has 0 fully saturated rings. The van der Waals surface area contributed by atoms with Crippen LogP contribution in [0.25, 0.3) is 0 Å². The summed E-state index contributed by atoms with van der Waals surface area (Å²) in [7, 11) is 1.77. The van der Waals surface area contributed by atoms with Gasteiger partial charge >= 0.3 is 0 Å². The van der Waals surface area contributed by atoms with Crippen molar-refractivity contribution in [2.24, 2.45) is 0 Å². The molecule has 2 aromatic rings. The topological polar surface area (TPSA) is 59.0 Å². The molecule has 1 unspecified atom stereocenters. The Kier molecular flexibility index (Phi) is 3.84. The van der Waals surface area contributed by atoms with E-state index in [4.69, 9.17) is 4.74 Å². The molecule has 0 saturated carbocycles. The van der Waals surface area contributed by atoms with E-state index in [2.05, 4.69) is 30.7 Å². The smallest absolute Gasteiger partial charge is 0.0948 e. The van der Waals surface area contributed by atoms with Crippen molar-refractivity contribution in [3.63, 3.8) is 0 Å². The van der Waals surface area contributed by atoms with Gasteiger partial charge in [0.2, 0.25) is 0 Å². The Balaban J connectivity index is 1.79. The molecule has 0 aromatic carbocycles. The van der Waals surface area contributed by atoms with Gasteiger partial charge in [-0.25, -0.2) is 4.98 Å². The second-order valence-electron chi connectivity index (χ2n) is 5.42. The maximum atomic E-state index is 5.39. The molecule has 20 heavy (non-hydrogen) atoms. The number of hydrogen-bond acceptors (Lipinski definition) is 4. The summed E-state index contributed by atoms with van der Waals surface area (Å²) in [5, 5.41) is 7.36. The maximum Gasteiger partial charge on any atom is 0.0948 e. The van der Waals surface area contributed by atoms with Crippen LogP contribution in [0.15, 0.2) is 18.6 Å². The summed E-state index contributed by atoms with van der Waals surface area (Å²) in [4.78, 5) is 6.68. The van der Waals surface area contributed by atoms with E-state index in [-0.39, 0.29) is 0 Å². The van der Waals surface area contributed by atoms with Gasteiger partial charge in [-0.1, -0.05) is 0 Å². The highest BCUT2D eigenvalue weighted by Crippen LogP contribution is 2.20. The number of imidazole rings is 1. The summed E-state index contributed by atoms with van der Waals surface area (Å²) in [5.74, 6) is 0. The number of aryl methyl sites for hydroxylation is 2. The number of methoxy groups -OCH3 is 1. The molecule has 0 amide bonds. The molecule has 0 bridgehead atoms. The second kappa shape index (κ2) is 5.76. The van der Waals surface area contributed by atoms with Crippen molar-refractivity contribution in [1.29, 1.82) is 0 Å². The first-order valence-electron chi connectivity index (χ1n) is 6.99. The van der Waals surface area contributed by atoms with Crippen LogP contribution in [0.1, 0.15) is 23.5 Å². The van der Waals surface area contributed by atoms with E-state index in [1.807, 2.05) is 19.4 Å². The number of fused-ring (bicyclic) bond motifs is 1. The Bertz CT molecular complexity index is 561. The zero-order valence-corrected chi connectivity index (χ0v) is 12.0. The van der Waals surface area contributed by atoms with Crippen LogP contribution in [-0.4, -0.2) is 44.4 Å². The highest BCUT2D eigenvalue weighted by Gasteiger charge is 2.24.